The number of nitrogens with one attached hydrogen (secondary N) is 2. The van der Waals surface area contributed by atoms with Gasteiger partial charge in [0.1, 0.15) is 11.3 Å². The molecule has 0 aliphatic carbocycles. The van der Waals surface area contributed by atoms with Crippen LogP contribution < -0.4 is 11.1 Å². The molecule has 3 rings (SSSR count). The van der Waals surface area contributed by atoms with E-state index in [1.807, 2.05) is 6.92 Å². The Bertz CT molecular complexity index is 772. The first-order valence-corrected chi connectivity index (χ1v) is 6.00. The van der Waals surface area contributed by atoms with Crippen molar-refractivity contribution in [3.05, 3.63) is 47.8 Å². The average Bonchev–Trinajstić information content (AvgIpc) is 2.76. The standard InChI is InChI=1S/C14H12F2N4/c1-7-6-19-14-12(7)11(2-3-18-14)20-13-9(15)4-8(17)5-10(13)16/h2-6H,17H2,1H3,(H2,18,19,20). The van der Waals surface area contributed by atoms with Gasteiger partial charge in [-0.2, -0.15) is 0 Å². The minimum Gasteiger partial charge on any atom is -0.399 e. The molecule has 2 aromatic heterocycles. The van der Waals surface area contributed by atoms with Crippen molar-refractivity contribution in [1.29, 1.82) is 0 Å². The summed E-state index contributed by atoms with van der Waals surface area (Å²) in [4.78, 5) is 7.15. The van der Waals surface area contributed by atoms with Crippen LogP contribution in [0.3, 0.4) is 0 Å². The first-order valence-electron chi connectivity index (χ1n) is 6.00. The van der Waals surface area contributed by atoms with Gasteiger partial charge < -0.3 is 16.0 Å². The highest BCUT2D eigenvalue weighted by Crippen LogP contribution is 2.30. The lowest BCUT2D eigenvalue weighted by Crippen LogP contribution is -2.00. The van der Waals surface area contributed by atoms with Crippen LogP contribution in [0.15, 0.2) is 30.6 Å². The van der Waals surface area contributed by atoms with Crippen LogP contribution in [0.2, 0.25) is 0 Å². The lowest BCUT2D eigenvalue weighted by Gasteiger charge is -2.11. The number of H-pyrrole nitrogens is 1. The average molecular weight is 274 g/mol. The van der Waals surface area contributed by atoms with Gasteiger partial charge in [-0.3, -0.25) is 0 Å². The number of aryl methyl sites for hydroxylation is 1. The fourth-order valence-electron chi connectivity index (χ4n) is 2.17. The molecule has 6 heteroatoms. The second kappa shape index (κ2) is 4.48. The van der Waals surface area contributed by atoms with E-state index < -0.39 is 11.6 Å². The van der Waals surface area contributed by atoms with E-state index in [0.29, 0.717) is 11.3 Å². The summed E-state index contributed by atoms with van der Waals surface area (Å²) < 4.78 is 27.6. The van der Waals surface area contributed by atoms with Crippen molar-refractivity contribution in [3.63, 3.8) is 0 Å². The van der Waals surface area contributed by atoms with Gasteiger partial charge in [0.15, 0.2) is 11.6 Å². The third-order valence-electron chi connectivity index (χ3n) is 3.09. The molecule has 4 N–H and O–H groups in total. The molecule has 0 spiro atoms. The molecule has 102 valence electrons. The largest absolute Gasteiger partial charge is 0.399 e. The number of rotatable bonds is 2. The molecule has 0 saturated carbocycles. The topological polar surface area (TPSA) is 66.7 Å². The minimum absolute atomic E-state index is 0.0447. The van der Waals surface area contributed by atoms with Gasteiger partial charge in [-0.15, -0.1) is 0 Å². The molecular formula is C14H12F2N4. The van der Waals surface area contributed by atoms with Crippen LogP contribution in [0.4, 0.5) is 25.8 Å². The molecule has 20 heavy (non-hydrogen) atoms. The van der Waals surface area contributed by atoms with Gasteiger partial charge in [0.25, 0.3) is 0 Å². The van der Waals surface area contributed by atoms with E-state index in [0.717, 1.165) is 23.1 Å². The molecule has 0 amide bonds. The smallest absolute Gasteiger partial charge is 0.151 e. The Balaban J connectivity index is 2.12. The maximum absolute atomic E-state index is 13.8. The van der Waals surface area contributed by atoms with Crippen LogP contribution in [-0.4, -0.2) is 9.97 Å². The summed E-state index contributed by atoms with van der Waals surface area (Å²) in [5.74, 6) is -1.47. The van der Waals surface area contributed by atoms with Crippen molar-refractivity contribution in [1.82, 2.24) is 9.97 Å². The van der Waals surface area contributed by atoms with Gasteiger partial charge in [0, 0.05) is 23.5 Å². The molecule has 1 aromatic carbocycles. The zero-order chi connectivity index (χ0) is 14.3. The summed E-state index contributed by atoms with van der Waals surface area (Å²) in [6, 6.07) is 3.82. The number of nitrogen functional groups attached to an aromatic ring is 1. The summed E-state index contributed by atoms with van der Waals surface area (Å²) in [6.07, 6.45) is 3.35. The Kier molecular flexibility index (Phi) is 2.78. The second-order valence-corrected chi connectivity index (χ2v) is 4.54. The molecule has 0 bridgehead atoms. The third kappa shape index (κ3) is 1.95. The molecule has 0 unspecified atom stereocenters. The van der Waals surface area contributed by atoms with E-state index >= 15 is 0 Å². The Morgan fingerprint density at radius 1 is 1.25 bits per heavy atom. The maximum atomic E-state index is 13.8. The van der Waals surface area contributed by atoms with Gasteiger partial charge in [0.2, 0.25) is 0 Å². The van der Waals surface area contributed by atoms with E-state index in [2.05, 4.69) is 15.3 Å². The number of fused-ring (bicyclic) bond motifs is 1. The number of benzene rings is 1. The minimum atomic E-state index is -0.736. The van der Waals surface area contributed by atoms with Crippen molar-refractivity contribution in [2.45, 2.75) is 6.92 Å². The number of aromatic amines is 1. The number of pyridine rings is 1. The fraction of sp³-hybridized carbons (Fsp3) is 0.0714. The predicted molar refractivity (Wildman–Crippen MR) is 74.9 cm³/mol. The molecule has 3 aromatic rings. The van der Waals surface area contributed by atoms with E-state index in [4.69, 9.17) is 5.73 Å². The van der Waals surface area contributed by atoms with E-state index in [1.54, 1.807) is 18.5 Å². The first kappa shape index (κ1) is 12.4. The maximum Gasteiger partial charge on any atom is 0.151 e. The number of hydrogen-bond donors (Lipinski definition) is 3. The Morgan fingerprint density at radius 2 is 1.95 bits per heavy atom. The van der Waals surface area contributed by atoms with Gasteiger partial charge in [-0.05, 0) is 30.7 Å². The normalized spacial score (nSPS) is 10.9. The molecule has 0 saturated heterocycles. The van der Waals surface area contributed by atoms with Crippen LogP contribution in [0.25, 0.3) is 11.0 Å². The lowest BCUT2D eigenvalue weighted by molar-refractivity contribution is 0.592. The first-order chi connectivity index (χ1) is 9.56. The van der Waals surface area contributed by atoms with Crippen LogP contribution in [0, 0.1) is 18.6 Å². The molecule has 0 radical (unpaired) electrons. The van der Waals surface area contributed by atoms with Crippen molar-refractivity contribution in [3.8, 4) is 0 Å². The van der Waals surface area contributed by atoms with Crippen LogP contribution >= 0.6 is 0 Å². The van der Waals surface area contributed by atoms with Crippen LogP contribution in [0.5, 0.6) is 0 Å². The van der Waals surface area contributed by atoms with Crippen molar-refractivity contribution >= 4 is 28.1 Å². The fourth-order valence-corrected chi connectivity index (χ4v) is 2.17. The summed E-state index contributed by atoms with van der Waals surface area (Å²) in [5, 5.41) is 3.57. The zero-order valence-electron chi connectivity index (χ0n) is 10.7. The van der Waals surface area contributed by atoms with Crippen molar-refractivity contribution < 1.29 is 8.78 Å². The third-order valence-corrected chi connectivity index (χ3v) is 3.09. The molecule has 0 atom stereocenters. The van der Waals surface area contributed by atoms with E-state index in [1.165, 1.54) is 0 Å². The summed E-state index contributed by atoms with van der Waals surface area (Å²) >= 11 is 0. The number of halogens is 2. The predicted octanol–water partition coefficient (Wildman–Crippen LogP) is 3.48. The van der Waals surface area contributed by atoms with Gasteiger partial charge in [-0.25, -0.2) is 13.8 Å². The molecule has 0 fully saturated rings. The van der Waals surface area contributed by atoms with Crippen molar-refractivity contribution in [2.24, 2.45) is 0 Å². The lowest BCUT2D eigenvalue weighted by atomic mass is 10.2. The molecular weight excluding hydrogens is 262 g/mol. The SMILES string of the molecule is Cc1c[nH]c2nccc(Nc3c(F)cc(N)cc3F)c12. The Morgan fingerprint density at radius 3 is 2.65 bits per heavy atom. The number of nitrogens with two attached hydrogens (primary N) is 1. The summed E-state index contributed by atoms with van der Waals surface area (Å²) in [6.45, 7) is 1.89. The highest BCUT2D eigenvalue weighted by Gasteiger charge is 2.13. The Hall–Kier alpha value is -2.63. The summed E-state index contributed by atoms with van der Waals surface area (Å²) in [7, 11) is 0. The van der Waals surface area contributed by atoms with Crippen molar-refractivity contribution in [2.75, 3.05) is 11.1 Å². The van der Waals surface area contributed by atoms with Gasteiger partial charge >= 0.3 is 0 Å². The van der Waals surface area contributed by atoms with Gasteiger partial charge in [-0.1, -0.05) is 0 Å². The molecule has 2 heterocycles. The second-order valence-electron chi connectivity index (χ2n) is 4.54. The van der Waals surface area contributed by atoms with E-state index in [-0.39, 0.29) is 11.4 Å². The quantitative estimate of drug-likeness (QED) is 0.627. The van der Waals surface area contributed by atoms with Crippen LogP contribution in [-0.2, 0) is 0 Å². The van der Waals surface area contributed by atoms with E-state index in [9.17, 15) is 8.78 Å². The summed E-state index contributed by atoms with van der Waals surface area (Å²) in [5.41, 5.74) is 7.39. The monoisotopic (exact) mass is 274 g/mol. The molecule has 0 aliphatic rings. The van der Waals surface area contributed by atoms with Gasteiger partial charge in [0.05, 0.1) is 5.69 Å². The molecule has 0 aliphatic heterocycles. The number of nitrogens with zero attached hydrogens (tertiary/aromatic N) is 1. The van der Waals surface area contributed by atoms with Crippen LogP contribution in [0.1, 0.15) is 5.56 Å². The number of hydrogen-bond acceptors (Lipinski definition) is 3. The highest BCUT2D eigenvalue weighted by molar-refractivity contribution is 5.94. The number of aromatic nitrogens is 2. The number of anilines is 3. The molecule has 4 nitrogen and oxygen atoms in total. The Labute approximate surface area is 113 Å². The highest BCUT2D eigenvalue weighted by atomic mass is 19.1. The zero-order valence-corrected chi connectivity index (χ0v) is 10.7.